The van der Waals surface area contributed by atoms with Crippen LogP contribution in [0.4, 0.5) is 0 Å². The van der Waals surface area contributed by atoms with Gasteiger partial charge in [-0.15, -0.1) is 0 Å². The van der Waals surface area contributed by atoms with Crippen LogP contribution >= 0.6 is 0 Å². The first-order chi connectivity index (χ1) is 9.15. The fourth-order valence-electron chi connectivity index (χ4n) is 3.97. The lowest BCUT2D eigenvalue weighted by atomic mass is 9.96. The SMILES string of the molecule is CC(C)CC1CN(C2CCOC2C2CC2)C(C)CN1. The van der Waals surface area contributed by atoms with Gasteiger partial charge in [0.1, 0.15) is 0 Å². The van der Waals surface area contributed by atoms with Gasteiger partial charge in [-0.3, -0.25) is 4.90 Å². The van der Waals surface area contributed by atoms with Crippen LogP contribution in [0.15, 0.2) is 0 Å². The quantitative estimate of drug-likeness (QED) is 0.845. The third kappa shape index (κ3) is 3.14. The minimum atomic E-state index is 0.542. The molecule has 1 N–H and O–H groups in total. The monoisotopic (exact) mass is 266 g/mol. The molecule has 2 saturated heterocycles. The second-order valence-corrected chi connectivity index (χ2v) is 7.31. The summed E-state index contributed by atoms with van der Waals surface area (Å²) in [6, 6.07) is 2.03. The van der Waals surface area contributed by atoms with Crippen LogP contribution in [-0.4, -0.2) is 48.8 Å². The molecule has 0 amide bonds. The summed E-state index contributed by atoms with van der Waals surface area (Å²) in [6.07, 6.45) is 5.89. The molecule has 0 aromatic heterocycles. The second-order valence-electron chi connectivity index (χ2n) is 7.31. The molecule has 2 aliphatic heterocycles. The van der Waals surface area contributed by atoms with Gasteiger partial charge in [0.2, 0.25) is 0 Å². The molecule has 3 fully saturated rings. The first-order valence-corrected chi connectivity index (χ1v) is 8.26. The maximum Gasteiger partial charge on any atom is 0.0759 e. The van der Waals surface area contributed by atoms with Crippen LogP contribution in [0.2, 0.25) is 0 Å². The van der Waals surface area contributed by atoms with Gasteiger partial charge in [0.15, 0.2) is 0 Å². The van der Waals surface area contributed by atoms with Crippen molar-refractivity contribution in [1.29, 1.82) is 0 Å². The van der Waals surface area contributed by atoms with Crippen molar-refractivity contribution < 1.29 is 4.74 Å². The van der Waals surface area contributed by atoms with E-state index in [0.29, 0.717) is 24.2 Å². The molecule has 1 aliphatic carbocycles. The maximum atomic E-state index is 6.05. The van der Waals surface area contributed by atoms with Gasteiger partial charge in [-0.05, 0) is 44.4 Å². The fourth-order valence-corrected chi connectivity index (χ4v) is 3.97. The second kappa shape index (κ2) is 5.71. The predicted molar refractivity (Wildman–Crippen MR) is 78.3 cm³/mol. The van der Waals surface area contributed by atoms with Crippen LogP contribution in [0.3, 0.4) is 0 Å². The Morgan fingerprint density at radius 2 is 2.05 bits per heavy atom. The Labute approximate surface area is 118 Å². The summed E-state index contributed by atoms with van der Waals surface area (Å²) < 4.78 is 6.05. The number of nitrogens with one attached hydrogen (secondary N) is 1. The van der Waals surface area contributed by atoms with Gasteiger partial charge in [-0.2, -0.15) is 0 Å². The lowest BCUT2D eigenvalue weighted by Gasteiger charge is -2.44. The van der Waals surface area contributed by atoms with E-state index in [0.717, 1.165) is 25.0 Å². The Bertz CT molecular complexity index is 303. The number of hydrogen-bond donors (Lipinski definition) is 1. The fraction of sp³-hybridized carbons (Fsp3) is 1.00. The van der Waals surface area contributed by atoms with Crippen LogP contribution in [0, 0.1) is 11.8 Å². The van der Waals surface area contributed by atoms with E-state index in [-0.39, 0.29) is 0 Å². The topological polar surface area (TPSA) is 24.5 Å². The van der Waals surface area contributed by atoms with E-state index < -0.39 is 0 Å². The van der Waals surface area contributed by atoms with Gasteiger partial charge < -0.3 is 10.1 Å². The van der Waals surface area contributed by atoms with Crippen molar-refractivity contribution >= 4 is 0 Å². The normalized spacial score (nSPS) is 41.1. The minimum absolute atomic E-state index is 0.542. The Hall–Kier alpha value is -0.120. The summed E-state index contributed by atoms with van der Waals surface area (Å²) >= 11 is 0. The van der Waals surface area contributed by atoms with E-state index in [1.807, 2.05) is 0 Å². The zero-order valence-electron chi connectivity index (χ0n) is 12.8. The molecule has 0 aromatic carbocycles. The highest BCUT2D eigenvalue weighted by atomic mass is 16.5. The maximum absolute atomic E-state index is 6.05. The number of nitrogens with zero attached hydrogens (tertiary/aromatic N) is 1. The van der Waals surface area contributed by atoms with Gasteiger partial charge in [0.25, 0.3) is 0 Å². The van der Waals surface area contributed by atoms with Crippen LogP contribution in [0.5, 0.6) is 0 Å². The Balaban J connectivity index is 1.63. The number of ether oxygens (including phenoxy) is 1. The lowest BCUT2D eigenvalue weighted by Crippen LogP contribution is -2.60. The first-order valence-electron chi connectivity index (χ1n) is 8.26. The highest BCUT2D eigenvalue weighted by Gasteiger charge is 2.45. The summed E-state index contributed by atoms with van der Waals surface area (Å²) in [5, 5.41) is 3.73. The van der Waals surface area contributed by atoms with Crippen molar-refractivity contribution in [1.82, 2.24) is 10.2 Å². The van der Waals surface area contributed by atoms with Crippen molar-refractivity contribution in [3.8, 4) is 0 Å². The molecular weight excluding hydrogens is 236 g/mol. The van der Waals surface area contributed by atoms with Crippen LogP contribution in [0.1, 0.15) is 46.5 Å². The lowest BCUT2D eigenvalue weighted by molar-refractivity contribution is 0.0144. The molecule has 0 aromatic rings. The number of piperazine rings is 1. The molecule has 4 unspecified atom stereocenters. The van der Waals surface area contributed by atoms with Crippen LogP contribution in [0.25, 0.3) is 0 Å². The van der Waals surface area contributed by atoms with Gasteiger partial charge in [0.05, 0.1) is 6.10 Å². The molecule has 3 aliphatic rings. The number of hydrogen-bond acceptors (Lipinski definition) is 3. The number of rotatable bonds is 4. The minimum Gasteiger partial charge on any atom is -0.376 e. The van der Waals surface area contributed by atoms with Crippen LogP contribution < -0.4 is 5.32 Å². The van der Waals surface area contributed by atoms with E-state index in [9.17, 15) is 0 Å². The van der Waals surface area contributed by atoms with E-state index in [1.165, 1.54) is 32.2 Å². The van der Waals surface area contributed by atoms with Crippen molar-refractivity contribution in [3.63, 3.8) is 0 Å². The van der Waals surface area contributed by atoms with Crippen molar-refractivity contribution in [3.05, 3.63) is 0 Å². The molecule has 19 heavy (non-hydrogen) atoms. The summed E-state index contributed by atoms with van der Waals surface area (Å²) in [6.45, 7) is 10.4. The van der Waals surface area contributed by atoms with Crippen LogP contribution in [-0.2, 0) is 4.74 Å². The van der Waals surface area contributed by atoms with Crippen molar-refractivity contribution in [2.45, 2.75) is 70.7 Å². The highest BCUT2D eigenvalue weighted by molar-refractivity contribution is 4.98. The predicted octanol–water partition coefficient (Wildman–Crippen LogP) is 2.26. The largest absolute Gasteiger partial charge is 0.376 e. The molecule has 0 bridgehead atoms. The Kier molecular flexibility index (Phi) is 4.16. The molecular formula is C16H30N2O. The molecule has 3 heteroatoms. The zero-order chi connectivity index (χ0) is 13.4. The first kappa shape index (κ1) is 13.8. The average molecular weight is 266 g/mol. The summed E-state index contributed by atoms with van der Waals surface area (Å²) in [5.74, 6) is 1.66. The van der Waals surface area contributed by atoms with E-state index in [2.05, 4.69) is 31.0 Å². The Morgan fingerprint density at radius 3 is 2.74 bits per heavy atom. The van der Waals surface area contributed by atoms with Gasteiger partial charge >= 0.3 is 0 Å². The molecule has 3 nitrogen and oxygen atoms in total. The highest BCUT2D eigenvalue weighted by Crippen LogP contribution is 2.41. The molecule has 110 valence electrons. The van der Waals surface area contributed by atoms with E-state index in [1.54, 1.807) is 0 Å². The van der Waals surface area contributed by atoms with Gasteiger partial charge in [-0.25, -0.2) is 0 Å². The van der Waals surface area contributed by atoms with Gasteiger partial charge in [0, 0.05) is 37.8 Å². The third-order valence-corrected chi connectivity index (χ3v) is 5.07. The standard InChI is InChI=1S/C16H30N2O/c1-11(2)8-14-10-18(12(3)9-17-14)15-6-7-19-16(15)13-4-5-13/h11-17H,4-10H2,1-3H3. The van der Waals surface area contributed by atoms with E-state index >= 15 is 0 Å². The Morgan fingerprint density at radius 1 is 1.26 bits per heavy atom. The molecule has 1 saturated carbocycles. The zero-order valence-corrected chi connectivity index (χ0v) is 12.8. The summed E-state index contributed by atoms with van der Waals surface area (Å²) in [4.78, 5) is 2.76. The third-order valence-electron chi connectivity index (χ3n) is 5.07. The smallest absolute Gasteiger partial charge is 0.0759 e. The molecule has 2 heterocycles. The average Bonchev–Trinajstić information content (AvgIpc) is 3.09. The molecule has 3 rings (SSSR count). The van der Waals surface area contributed by atoms with E-state index in [4.69, 9.17) is 4.74 Å². The molecule has 0 radical (unpaired) electrons. The van der Waals surface area contributed by atoms with Gasteiger partial charge in [-0.1, -0.05) is 13.8 Å². The van der Waals surface area contributed by atoms with Crippen molar-refractivity contribution in [2.75, 3.05) is 19.7 Å². The molecule has 4 atom stereocenters. The molecule has 0 spiro atoms. The van der Waals surface area contributed by atoms with Crippen molar-refractivity contribution in [2.24, 2.45) is 11.8 Å². The summed E-state index contributed by atoms with van der Waals surface area (Å²) in [7, 11) is 0. The summed E-state index contributed by atoms with van der Waals surface area (Å²) in [5.41, 5.74) is 0.